The highest BCUT2D eigenvalue weighted by Gasteiger charge is 2.14. The van der Waals surface area contributed by atoms with E-state index in [0.717, 1.165) is 27.1 Å². The van der Waals surface area contributed by atoms with E-state index in [-0.39, 0.29) is 18.6 Å². The van der Waals surface area contributed by atoms with Crippen LogP contribution in [-0.4, -0.2) is 18.8 Å². The van der Waals surface area contributed by atoms with Crippen molar-refractivity contribution in [2.45, 2.75) is 13.0 Å². The van der Waals surface area contributed by atoms with E-state index in [0.29, 0.717) is 11.3 Å². The lowest BCUT2D eigenvalue weighted by Gasteiger charge is -2.16. The minimum absolute atomic E-state index is 0.159. The molecule has 0 radical (unpaired) electrons. The number of benzene rings is 3. The molecule has 3 rings (SSSR count). The molecule has 3 aromatic carbocycles. The molecular formula is C21H18BrNO3. The molecule has 0 bridgehead atoms. The summed E-state index contributed by atoms with van der Waals surface area (Å²) in [4.78, 5) is 23.7. The van der Waals surface area contributed by atoms with Crippen LogP contribution in [0.4, 0.5) is 0 Å². The molecule has 0 aromatic heterocycles. The van der Waals surface area contributed by atoms with Gasteiger partial charge in [0.2, 0.25) is 0 Å². The van der Waals surface area contributed by atoms with Crippen LogP contribution in [0.2, 0.25) is 0 Å². The number of fused-ring (bicyclic) bond motifs is 1. The molecular weight excluding hydrogens is 394 g/mol. The second-order valence-corrected chi connectivity index (χ2v) is 6.77. The van der Waals surface area contributed by atoms with Gasteiger partial charge in [-0.3, -0.25) is 9.59 Å². The largest absolute Gasteiger partial charge is 0.483 e. The minimum atomic E-state index is -0.252. The maximum absolute atomic E-state index is 12.2. The molecule has 1 N–H and O–H groups in total. The van der Waals surface area contributed by atoms with Crippen molar-refractivity contribution in [1.29, 1.82) is 0 Å². The second kappa shape index (κ2) is 8.15. The standard InChI is InChI=1S/C21H18BrNO3/c1-14(16-7-4-5-9-19(16)22)23-21(25)13-26-20-11-10-15-6-2-3-8-17(15)18(20)12-24/h2-12,14H,13H2,1H3,(H,23,25)/t14-/m0/s1. The number of rotatable bonds is 6. The highest BCUT2D eigenvalue weighted by molar-refractivity contribution is 9.10. The van der Waals surface area contributed by atoms with Gasteiger partial charge in [0, 0.05) is 4.47 Å². The van der Waals surface area contributed by atoms with Crippen LogP contribution in [-0.2, 0) is 4.79 Å². The Bertz CT molecular complexity index is 955. The van der Waals surface area contributed by atoms with Gasteiger partial charge in [-0.25, -0.2) is 0 Å². The molecule has 0 saturated carbocycles. The van der Waals surface area contributed by atoms with Gasteiger partial charge >= 0.3 is 0 Å². The monoisotopic (exact) mass is 411 g/mol. The molecule has 4 nitrogen and oxygen atoms in total. The predicted molar refractivity (Wildman–Crippen MR) is 106 cm³/mol. The first-order valence-electron chi connectivity index (χ1n) is 8.23. The van der Waals surface area contributed by atoms with Crippen molar-refractivity contribution in [1.82, 2.24) is 5.32 Å². The summed E-state index contributed by atoms with van der Waals surface area (Å²) in [5, 5.41) is 4.66. The number of hydrogen-bond donors (Lipinski definition) is 1. The number of hydrogen-bond acceptors (Lipinski definition) is 3. The highest BCUT2D eigenvalue weighted by Crippen LogP contribution is 2.27. The van der Waals surface area contributed by atoms with E-state index in [9.17, 15) is 9.59 Å². The average Bonchev–Trinajstić information content (AvgIpc) is 2.66. The van der Waals surface area contributed by atoms with E-state index >= 15 is 0 Å². The van der Waals surface area contributed by atoms with E-state index in [4.69, 9.17) is 4.74 Å². The van der Waals surface area contributed by atoms with Gasteiger partial charge in [0.25, 0.3) is 5.91 Å². The van der Waals surface area contributed by atoms with Crippen molar-refractivity contribution in [2.75, 3.05) is 6.61 Å². The molecule has 1 atom stereocenters. The maximum Gasteiger partial charge on any atom is 0.258 e. The third kappa shape index (κ3) is 3.94. The molecule has 0 heterocycles. The Hall–Kier alpha value is -2.66. The highest BCUT2D eigenvalue weighted by atomic mass is 79.9. The molecule has 0 unspecified atom stereocenters. The Morgan fingerprint density at radius 3 is 2.62 bits per heavy atom. The van der Waals surface area contributed by atoms with Crippen LogP contribution in [0.15, 0.2) is 65.1 Å². The molecule has 0 aliphatic rings. The van der Waals surface area contributed by atoms with Crippen LogP contribution in [0, 0.1) is 0 Å². The van der Waals surface area contributed by atoms with Crippen LogP contribution >= 0.6 is 15.9 Å². The van der Waals surface area contributed by atoms with Crippen LogP contribution in [0.3, 0.4) is 0 Å². The minimum Gasteiger partial charge on any atom is -0.483 e. The van der Waals surface area contributed by atoms with Crippen molar-refractivity contribution in [3.05, 3.63) is 76.3 Å². The zero-order valence-corrected chi connectivity index (χ0v) is 15.8. The third-order valence-corrected chi connectivity index (χ3v) is 4.88. The van der Waals surface area contributed by atoms with E-state index in [1.165, 1.54) is 0 Å². The fraction of sp³-hybridized carbons (Fsp3) is 0.143. The maximum atomic E-state index is 12.2. The first kappa shape index (κ1) is 18.1. The molecule has 0 fully saturated rings. The number of carbonyl (C=O) groups is 2. The molecule has 1 amide bonds. The predicted octanol–water partition coefficient (Wildman–Crippen LogP) is 4.67. The van der Waals surface area contributed by atoms with E-state index in [1.807, 2.05) is 61.5 Å². The lowest BCUT2D eigenvalue weighted by atomic mass is 10.0. The topological polar surface area (TPSA) is 55.4 Å². The summed E-state index contributed by atoms with van der Waals surface area (Å²) in [6.45, 7) is 1.75. The lowest BCUT2D eigenvalue weighted by Crippen LogP contribution is -2.31. The normalized spacial score (nSPS) is 11.8. The molecule has 0 spiro atoms. The average molecular weight is 412 g/mol. The summed E-state index contributed by atoms with van der Waals surface area (Å²) < 4.78 is 6.55. The Morgan fingerprint density at radius 2 is 1.85 bits per heavy atom. The Labute approximate surface area is 160 Å². The van der Waals surface area contributed by atoms with Crippen molar-refractivity contribution in [3.63, 3.8) is 0 Å². The number of aldehydes is 1. The van der Waals surface area contributed by atoms with Gasteiger partial charge < -0.3 is 10.1 Å². The van der Waals surface area contributed by atoms with Crippen molar-refractivity contribution in [3.8, 4) is 5.75 Å². The number of carbonyl (C=O) groups excluding carboxylic acids is 2. The molecule has 3 aromatic rings. The van der Waals surface area contributed by atoms with E-state index in [1.54, 1.807) is 6.07 Å². The van der Waals surface area contributed by atoms with Crippen LogP contribution in [0.5, 0.6) is 5.75 Å². The third-order valence-electron chi connectivity index (χ3n) is 4.16. The van der Waals surface area contributed by atoms with Gasteiger partial charge in [0.15, 0.2) is 12.9 Å². The smallest absolute Gasteiger partial charge is 0.258 e. The van der Waals surface area contributed by atoms with Gasteiger partial charge in [-0.05, 0) is 35.4 Å². The van der Waals surface area contributed by atoms with Gasteiger partial charge in [-0.15, -0.1) is 0 Å². The summed E-state index contributed by atoms with van der Waals surface area (Å²) in [6.07, 6.45) is 0.763. The first-order chi connectivity index (χ1) is 12.6. The SMILES string of the molecule is C[C@H](NC(=O)COc1ccc2ccccc2c1C=O)c1ccccc1Br. The summed E-state index contributed by atoms with van der Waals surface area (Å²) >= 11 is 3.48. The van der Waals surface area contributed by atoms with Gasteiger partial charge in [0.05, 0.1) is 11.6 Å². The van der Waals surface area contributed by atoms with Crippen molar-refractivity contribution >= 4 is 38.9 Å². The molecule has 26 heavy (non-hydrogen) atoms. The lowest BCUT2D eigenvalue weighted by molar-refractivity contribution is -0.123. The zero-order chi connectivity index (χ0) is 18.5. The van der Waals surface area contributed by atoms with Crippen LogP contribution < -0.4 is 10.1 Å². The summed E-state index contributed by atoms with van der Waals surface area (Å²) in [7, 11) is 0. The van der Waals surface area contributed by atoms with Crippen LogP contribution in [0.1, 0.15) is 28.9 Å². The molecule has 0 saturated heterocycles. The molecule has 0 aliphatic heterocycles. The Kier molecular flexibility index (Phi) is 5.68. The van der Waals surface area contributed by atoms with Crippen molar-refractivity contribution in [2.24, 2.45) is 0 Å². The summed E-state index contributed by atoms with van der Waals surface area (Å²) in [6, 6.07) is 18.7. The summed E-state index contributed by atoms with van der Waals surface area (Å²) in [5.41, 5.74) is 1.44. The number of halogens is 1. The quantitative estimate of drug-likeness (QED) is 0.599. The number of ether oxygens (including phenoxy) is 1. The number of amides is 1. The number of nitrogens with one attached hydrogen (secondary N) is 1. The second-order valence-electron chi connectivity index (χ2n) is 5.92. The van der Waals surface area contributed by atoms with Gasteiger partial charge in [-0.1, -0.05) is 64.5 Å². The first-order valence-corrected chi connectivity index (χ1v) is 9.03. The van der Waals surface area contributed by atoms with Crippen molar-refractivity contribution < 1.29 is 14.3 Å². The molecule has 5 heteroatoms. The Balaban J connectivity index is 1.69. The summed E-state index contributed by atoms with van der Waals surface area (Å²) in [5.74, 6) is 0.153. The zero-order valence-electron chi connectivity index (χ0n) is 14.2. The fourth-order valence-electron chi connectivity index (χ4n) is 2.85. The van der Waals surface area contributed by atoms with Gasteiger partial charge in [-0.2, -0.15) is 0 Å². The fourth-order valence-corrected chi connectivity index (χ4v) is 3.48. The van der Waals surface area contributed by atoms with Gasteiger partial charge in [0.1, 0.15) is 5.75 Å². The van der Waals surface area contributed by atoms with Crippen LogP contribution in [0.25, 0.3) is 10.8 Å². The molecule has 132 valence electrons. The Morgan fingerprint density at radius 1 is 1.12 bits per heavy atom. The van der Waals surface area contributed by atoms with E-state index in [2.05, 4.69) is 21.2 Å². The van der Waals surface area contributed by atoms with E-state index < -0.39 is 0 Å². The molecule has 0 aliphatic carbocycles.